The lowest BCUT2D eigenvalue weighted by atomic mass is 10.0. The van der Waals surface area contributed by atoms with Gasteiger partial charge in [-0.15, -0.1) is 0 Å². The first-order chi connectivity index (χ1) is 14.0. The van der Waals surface area contributed by atoms with E-state index in [-0.39, 0.29) is 18.7 Å². The van der Waals surface area contributed by atoms with Crippen molar-refractivity contribution in [2.45, 2.75) is 25.8 Å². The second-order valence-corrected chi connectivity index (χ2v) is 6.27. The van der Waals surface area contributed by atoms with Gasteiger partial charge in [-0.05, 0) is 42.3 Å². The van der Waals surface area contributed by atoms with Crippen molar-refractivity contribution in [3.05, 3.63) is 53.6 Å². The summed E-state index contributed by atoms with van der Waals surface area (Å²) in [5, 5.41) is 2.91. The highest BCUT2D eigenvalue weighted by Gasteiger charge is 2.21. The molecule has 7 heteroatoms. The molecule has 2 aromatic carbocycles. The number of benzene rings is 2. The number of amides is 1. The summed E-state index contributed by atoms with van der Waals surface area (Å²) in [7, 11) is 4.39. The van der Waals surface area contributed by atoms with Crippen LogP contribution in [0.4, 0.5) is 0 Å². The second kappa shape index (κ2) is 10.9. The van der Waals surface area contributed by atoms with Gasteiger partial charge >= 0.3 is 5.97 Å². The van der Waals surface area contributed by atoms with Crippen molar-refractivity contribution < 1.29 is 28.5 Å². The number of hydrogen-bond donors (Lipinski definition) is 1. The molecule has 0 radical (unpaired) electrons. The maximum Gasteiger partial charge on any atom is 0.307 e. The van der Waals surface area contributed by atoms with Crippen LogP contribution in [0.3, 0.4) is 0 Å². The Morgan fingerprint density at radius 3 is 2.24 bits per heavy atom. The van der Waals surface area contributed by atoms with Gasteiger partial charge in [0.25, 0.3) is 0 Å². The normalized spacial score (nSPS) is 11.3. The number of rotatable bonds is 10. The highest BCUT2D eigenvalue weighted by Crippen LogP contribution is 2.31. The van der Waals surface area contributed by atoms with E-state index < -0.39 is 12.0 Å². The molecule has 156 valence electrons. The minimum Gasteiger partial charge on any atom is -0.494 e. The smallest absolute Gasteiger partial charge is 0.307 e. The van der Waals surface area contributed by atoms with E-state index in [1.807, 2.05) is 31.2 Å². The Hall–Kier alpha value is -3.22. The van der Waals surface area contributed by atoms with Crippen molar-refractivity contribution in [3.63, 3.8) is 0 Å². The van der Waals surface area contributed by atoms with Gasteiger partial charge in [0, 0.05) is 0 Å². The number of carbonyl (C=O) groups is 2. The van der Waals surface area contributed by atoms with Gasteiger partial charge in [0.2, 0.25) is 5.91 Å². The average Bonchev–Trinajstić information content (AvgIpc) is 2.74. The van der Waals surface area contributed by atoms with Crippen LogP contribution in [-0.2, 0) is 20.7 Å². The lowest BCUT2D eigenvalue weighted by Gasteiger charge is -2.20. The molecule has 0 bridgehead atoms. The van der Waals surface area contributed by atoms with Crippen LogP contribution >= 0.6 is 0 Å². The first-order valence-electron chi connectivity index (χ1n) is 9.30. The molecule has 1 N–H and O–H groups in total. The standard InChI is InChI=1S/C22H27NO6/c1-5-29-17-9-6-15(7-10-17)12-21(24)23-18(14-22(25)28-4)16-8-11-19(26-2)20(13-16)27-3/h6-11,13,18H,5,12,14H2,1-4H3,(H,23,24). The van der Waals surface area contributed by atoms with E-state index in [4.69, 9.17) is 18.9 Å². The van der Waals surface area contributed by atoms with E-state index in [1.165, 1.54) is 14.2 Å². The van der Waals surface area contributed by atoms with Gasteiger partial charge in [-0.3, -0.25) is 9.59 Å². The summed E-state index contributed by atoms with van der Waals surface area (Å²) in [5.74, 6) is 1.20. The molecule has 1 atom stereocenters. The fourth-order valence-electron chi connectivity index (χ4n) is 2.87. The number of carbonyl (C=O) groups excluding carboxylic acids is 2. The van der Waals surface area contributed by atoms with E-state index >= 15 is 0 Å². The van der Waals surface area contributed by atoms with Gasteiger partial charge < -0.3 is 24.3 Å². The molecule has 7 nitrogen and oxygen atoms in total. The van der Waals surface area contributed by atoms with Gasteiger partial charge in [0.05, 0.1) is 46.8 Å². The molecule has 29 heavy (non-hydrogen) atoms. The second-order valence-electron chi connectivity index (χ2n) is 6.27. The molecule has 0 aromatic heterocycles. The molecule has 0 aliphatic rings. The Kier molecular flexibility index (Phi) is 8.33. The van der Waals surface area contributed by atoms with Crippen LogP contribution in [0, 0.1) is 0 Å². The van der Waals surface area contributed by atoms with Crippen LogP contribution in [0.25, 0.3) is 0 Å². The van der Waals surface area contributed by atoms with Gasteiger partial charge in [0.15, 0.2) is 11.5 Å². The molecule has 0 aliphatic carbocycles. The Morgan fingerprint density at radius 2 is 1.66 bits per heavy atom. The first-order valence-corrected chi connectivity index (χ1v) is 9.30. The summed E-state index contributed by atoms with van der Waals surface area (Å²) in [6.45, 7) is 2.50. The average molecular weight is 401 g/mol. The van der Waals surface area contributed by atoms with E-state index in [0.717, 1.165) is 11.3 Å². The first kappa shape index (κ1) is 22.1. The molecule has 2 rings (SSSR count). The fraction of sp³-hybridized carbons (Fsp3) is 0.364. The summed E-state index contributed by atoms with van der Waals surface area (Å²) in [6.07, 6.45) is 0.179. The predicted molar refractivity (Wildman–Crippen MR) is 108 cm³/mol. The molecule has 1 unspecified atom stereocenters. The lowest BCUT2D eigenvalue weighted by Crippen LogP contribution is -2.31. The third-order valence-electron chi connectivity index (χ3n) is 4.34. The summed E-state index contributed by atoms with van der Waals surface area (Å²) in [6, 6.07) is 12.0. The number of esters is 1. The van der Waals surface area contributed by atoms with Crippen molar-refractivity contribution in [2.24, 2.45) is 0 Å². The zero-order valence-corrected chi connectivity index (χ0v) is 17.2. The predicted octanol–water partition coefficient (Wildman–Crippen LogP) is 3.07. The molecule has 0 saturated carbocycles. The van der Waals surface area contributed by atoms with Crippen LogP contribution < -0.4 is 19.5 Å². The number of ether oxygens (including phenoxy) is 4. The Morgan fingerprint density at radius 1 is 0.966 bits per heavy atom. The Bertz CT molecular complexity index is 819. The lowest BCUT2D eigenvalue weighted by molar-refractivity contribution is -0.141. The monoisotopic (exact) mass is 401 g/mol. The molecular weight excluding hydrogens is 374 g/mol. The molecule has 0 fully saturated rings. The number of methoxy groups -OCH3 is 3. The van der Waals surface area contributed by atoms with Crippen molar-refractivity contribution >= 4 is 11.9 Å². The van der Waals surface area contributed by atoms with Crippen molar-refractivity contribution in [1.82, 2.24) is 5.32 Å². The van der Waals surface area contributed by atoms with Crippen LogP contribution in [0.15, 0.2) is 42.5 Å². The maximum atomic E-state index is 12.6. The van der Waals surface area contributed by atoms with Crippen molar-refractivity contribution in [2.75, 3.05) is 27.9 Å². The summed E-state index contributed by atoms with van der Waals surface area (Å²) < 4.78 is 20.8. The van der Waals surface area contributed by atoms with Crippen LogP contribution in [0.5, 0.6) is 17.2 Å². The molecule has 0 heterocycles. The maximum absolute atomic E-state index is 12.6. The summed E-state index contributed by atoms with van der Waals surface area (Å²) >= 11 is 0. The molecular formula is C22H27NO6. The van der Waals surface area contributed by atoms with E-state index in [9.17, 15) is 9.59 Å². The fourth-order valence-corrected chi connectivity index (χ4v) is 2.87. The summed E-state index contributed by atoms with van der Waals surface area (Å²) in [5.41, 5.74) is 1.56. The van der Waals surface area contributed by atoms with Gasteiger partial charge in [-0.2, -0.15) is 0 Å². The minimum absolute atomic E-state index is 0.000993. The van der Waals surface area contributed by atoms with E-state index in [1.54, 1.807) is 25.3 Å². The Labute approximate surface area is 170 Å². The third-order valence-corrected chi connectivity index (χ3v) is 4.34. The van der Waals surface area contributed by atoms with Crippen molar-refractivity contribution in [3.8, 4) is 17.2 Å². The molecule has 1 amide bonds. The molecule has 0 spiro atoms. The summed E-state index contributed by atoms with van der Waals surface area (Å²) in [4.78, 5) is 24.5. The highest BCUT2D eigenvalue weighted by atomic mass is 16.5. The van der Waals surface area contributed by atoms with Gasteiger partial charge in [-0.1, -0.05) is 18.2 Å². The van der Waals surface area contributed by atoms with Crippen LogP contribution in [0.1, 0.15) is 30.5 Å². The van der Waals surface area contributed by atoms with Crippen molar-refractivity contribution in [1.29, 1.82) is 0 Å². The number of hydrogen-bond acceptors (Lipinski definition) is 6. The molecule has 2 aromatic rings. The SMILES string of the molecule is CCOc1ccc(CC(=O)NC(CC(=O)OC)c2ccc(OC)c(OC)c2)cc1. The van der Waals surface area contributed by atoms with E-state index in [2.05, 4.69) is 5.32 Å². The Balaban J connectivity index is 2.15. The zero-order chi connectivity index (χ0) is 21.2. The number of nitrogens with one attached hydrogen (secondary N) is 1. The minimum atomic E-state index is -0.558. The van der Waals surface area contributed by atoms with Crippen LogP contribution in [0.2, 0.25) is 0 Å². The van der Waals surface area contributed by atoms with Gasteiger partial charge in [0.1, 0.15) is 5.75 Å². The highest BCUT2D eigenvalue weighted by molar-refractivity contribution is 5.80. The quantitative estimate of drug-likeness (QED) is 0.616. The van der Waals surface area contributed by atoms with E-state index in [0.29, 0.717) is 23.7 Å². The third kappa shape index (κ3) is 6.41. The molecule has 0 aliphatic heterocycles. The van der Waals surface area contributed by atoms with Gasteiger partial charge in [-0.25, -0.2) is 0 Å². The largest absolute Gasteiger partial charge is 0.494 e. The zero-order valence-electron chi connectivity index (χ0n) is 17.2. The topological polar surface area (TPSA) is 83.1 Å². The van der Waals surface area contributed by atoms with Crippen LogP contribution in [-0.4, -0.2) is 39.8 Å². The molecule has 0 saturated heterocycles.